The number of benzene rings is 1. The lowest BCUT2D eigenvalue weighted by atomic mass is 9.98. The highest BCUT2D eigenvalue weighted by atomic mass is 16.5. The summed E-state index contributed by atoms with van der Waals surface area (Å²) in [5, 5.41) is 5.56. The van der Waals surface area contributed by atoms with Gasteiger partial charge in [-0.2, -0.15) is 0 Å². The maximum absolute atomic E-state index is 5.89. The molecule has 0 amide bonds. The van der Waals surface area contributed by atoms with Crippen LogP contribution in [-0.2, 0) is 4.74 Å². The summed E-state index contributed by atoms with van der Waals surface area (Å²) in [6.07, 6.45) is 3.48. The van der Waals surface area contributed by atoms with Gasteiger partial charge >= 0.3 is 0 Å². The molecule has 3 aromatic rings. The summed E-state index contributed by atoms with van der Waals surface area (Å²) in [6, 6.07) is 3.99. The van der Waals surface area contributed by atoms with Gasteiger partial charge in [-0.15, -0.1) is 0 Å². The van der Waals surface area contributed by atoms with E-state index in [1.807, 2.05) is 12.1 Å². The van der Waals surface area contributed by atoms with Crippen molar-refractivity contribution < 1.29 is 13.6 Å². The lowest BCUT2D eigenvalue weighted by molar-refractivity contribution is 0.0289. The quantitative estimate of drug-likeness (QED) is 0.727. The molecule has 1 saturated heterocycles. The van der Waals surface area contributed by atoms with Crippen molar-refractivity contribution >= 4 is 21.9 Å². The molecule has 4 rings (SSSR count). The first-order valence-corrected chi connectivity index (χ1v) is 6.55. The van der Waals surface area contributed by atoms with Crippen LogP contribution in [0.3, 0.4) is 0 Å². The van der Waals surface area contributed by atoms with Gasteiger partial charge in [0.1, 0.15) is 11.2 Å². The second kappa shape index (κ2) is 4.11. The van der Waals surface area contributed by atoms with Crippen molar-refractivity contribution in [2.45, 2.75) is 13.0 Å². The summed E-state index contributed by atoms with van der Waals surface area (Å²) in [5.74, 6) is 0. The average molecular weight is 257 g/mol. The predicted octanol–water partition coefficient (Wildman–Crippen LogP) is 3.15. The molecule has 0 bridgehead atoms. The van der Waals surface area contributed by atoms with E-state index in [9.17, 15) is 0 Å². The van der Waals surface area contributed by atoms with Crippen LogP contribution >= 0.6 is 0 Å². The highest BCUT2D eigenvalue weighted by Gasteiger charge is 2.25. The fourth-order valence-corrected chi connectivity index (χ4v) is 2.94. The molecule has 1 aliphatic heterocycles. The molecule has 1 atom stereocenters. The molecule has 19 heavy (non-hydrogen) atoms. The molecular formula is C15H15NO3. The van der Waals surface area contributed by atoms with E-state index >= 15 is 0 Å². The number of ether oxygens (including phenoxy) is 1. The normalized spacial score (nSPS) is 20.4. The zero-order valence-corrected chi connectivity index (χ0v) is 10.7. The van der Waals surface area contributed by atoms with Crippen molar-refractivity contribution in [3.05, 3.63) is 35.8 Å². The molecular weight excluding hydrogens is 242 g/mol. The number of nitrogens with one attached hydrogen (secondary N) is 1. The molecule has 1 fully saturated rings. The molecule has 1 unspecified atom stereocenters. The first-order chi connectivity index (χ1) is 9.36. The summed E-state index contributed by atoms with van der Waals surface area (Å²) in [4.78, 5) is 0. The van der Waals surface area contributed by atoms with E-state index in [-0.39, 0.29) is 6.10 Å². The van der Waals surface area contributed by atoms with Crippen molar-refractivity contribution in [2.75, 3.05) is 19.7 Å². The SMILES string of the molecule is Cc1c2ccoc2c(C2CNCCO2)c2ccoc12. The van der Waals surface area contributed by atoms with Crippen LogP contribution in [0.4, 0.5) is 0 Å². The van der Waals surface area contributed by atoms with Crippen molar-refractivity contribution in [3.8, 4) is 0 Å². The van der Waals surface area contributed by atoms with Crippen molar-refractivity contribution in [2.24, 2.45) is 0 Å². The largest absolute Gasteiger partial charge is 0.464 e. The van der Waals surface area contributed by atoms with Crippen LogP contribution in [0.5, 0.6) is 0 Å². The van der Waals surface area contributed by atoms with Gasteiger partial charge in [0, 0.05) is 35.0 Å². The van der Waals surface area contributed by atoms with Crippen LogP contribution in [-0.4, -0.2) is 19.7 Å². The van der Waals surface area contributed by atoms with Crippen molar-refractivity contribution in [1.82, 2.24) is 5.32 Å². The van der Waals surface area contributed by atoms with Gasteiger partial charge in [0.15, 0.2) is 0 Å². The number of aryl methyl sites for hydroxylation is 1. The lowest BCUT2D eigenvalue weighted by Crippen LogP contribution is -2.33. The van der Waals surface area contributed by atoms with Gasteiger partial charge < -0.3 is 18.9 Å². The lowest BCUT2D eigenvalue weighted by Gasteiger charge is -2.24. The molecule has 0 radical (unpaired) electrons. The Hall–Kier alpha value is -1.78. The molecule has 0 saturated carbocycles. The van der Waals surface area contributed by atoms with Crippen LogP contribution in [0.15, 0.2) is 33.5 Å². The van der Waals surface area contributed by atoms with Crippen molar-refractivity contribution in [1.29, 1.82) is 0 Å². The summed E-state index contributed by atoms with van der Waals surface area (Å²) in [7, 11) is 0. The van der Waals surface area contributed by atoms with E-state index < -0.39 is 0 Å². The smallest absolute Gasteiger partial charge is 0.140 e. The summed E-state index contributed by atoms with van der Waals surface area (Å²) >= 11 is 0. The summed E-state index contributed by atoms with van der Waals surface area (Å²) < 4.78 is 17.2. The van der Waals surface area contributed by atoms with E-state index in [0.717, 1.165) is 52.8 Å². The zero-order valence-electron chi connectivity index (χ0n) is 10.7. The molecule has 1 N–H and O–H groups in total. The van der Waals surface area contributed by atoms with E-state index in [1.165, 1.54) is 0 Å². The van der Waals surface area contributed by atoms with Crippen molar-refractivity contribution in [3.63, 3.8) is 0 Å². The highest BCUT2D eigenvalue weighted by Crippen LogP contribution is 2.38. The number of fused-ring (bicyclic) bond motifs is 2. The molecule has 2 aromatic heterocycles. The van der Waals surface area contributed by atoms with E-state index in [0.29, 0.717) is 0 Å². The first-order valence-electron chi connectivity index (χ1n) is 6.55. The first kappa shape index (κ1) is 11.1. The van der Waals surface area contributed by atoms with Gasteiger partial charge in [-0.1, -0.05) is 0 Å². The second-order valence-electron chi connectivity index (χ2n) is 4.93. The van der Waals surface area contributed by atoms with Gasteiger partial charge in [0.25, 0.3) is 0 Å². The molecule has 0 spiro atoms. The Morgan fingerprint density at radius 2 is 1.89 bits per heavy atom. The zero-order chi connectivity index (χ0) is 12.8. The predicted molar refractivity (Wildman–Crippen MR) is 72.3 cm³/mol. The molecule has 0 aliphatic carbocycles. The summed E-state index contributed by atoms with van der Waals surface area (Å²) in [5.41, 5.74) is 4.07. The van der Waals surface area contributed by atoms with E-state index in [1.54, 1.807) is 12.5 Å². The Bertz CT molecular complexity index is 683. The van der Waals surface area contributed by atoms with Gasteiger partial charge in [0.2, 0.25) is 0 Å². The van der Waals surface area contributed by atoms with Crippen LogP contribution in [0.25, 0.3) is 21.9 Å². The number of rotatable bonds is 1. The van der Waals surface area contributed by atoms with Gasteiger partial charge in [0.05, 0.1) is 25.2 Å². The minimum atomic E-state index is 0.0168. The monoisotopic (exact) mass is 257 g/mol. The molecule has 4 heteroatoms. The van der Waals surface area contributed by atoms with Crippen LogP contribution in [0.1, 0.15) is 17.2 Å². The van der Waals surface area contributed by atoms with Gasteiger partial charge in [-0.25, -0.2) is 0 Å². The third-order valence-electron chi connectivity index (χ3n) is 3.86. The fraction of sp³-hybridized carbons (Fsp3) is 0.333. The highest BCUT2D eigenvalue weighted by molar-refractivity contribution is 6.01. The second-order valence-corrected chi connectivity index (χ2v) is 4.93. The van der Waals surface area contributed by atoms with Crippen LogP contribution in [0, 0.1) is 6.92 Å². The third kappa shape index (κ3) is 1.54. The molecule has 98 valence electrons. The molecule has 3 heterocycles. The molecule has 1 aliphatic rings. The Kier molecular flexibility index (Phi) is 2.40. The minimum absolute atomic E-state index is 0.0168. The third-order valence-corrected chi connectivity index (χ3v) is 3.86. The molecule has 1 aromatic carbocycles. The number of hydrogen-bond acceptors (Lipinski definition) is 4. The standard InChI is InChI=1S/C15H15NO3/c1-9-10-2-5-19-15(10)13(11-3-6-18-14(9)11)12-8-16-4-7-17-12/h2-3,5-6,12,16H,4,7-8H2,1H3. The maximum atomic E-state index is 5.89. The minimum Gasteiger partial charge on any atom is -0.464 e. The fourth-order valence-electron chi connectivity index (χ4n) is 2.94. The maximum Gasteiger partial charge on any atom is 0.140 e. The Labute approximate surface area is 110 Å². The number of hydrogen-bond donors (Lipinski definition) is 1. The molecule has 4 nitrogen and oxygen atoms in total. The topological polar surface area (TPSA) is 47.5 Å². The van der Waals surface area contributed by atoms with Crippen LogP contribution in [0.2, 0.25) is 0 Å². The Morgan fingerprint density at radius 1 is 1.11 bits per heavy atom. The number of furan rings is 2. The van der Waals surface area contributed by atoms with E-state index in [4.69, 9.17) is 13.6 Å². The summed E-state index contributed by atoms with van der Waals surface area (Å²) in [6.45, 7) is 4.49. The van der Waals surface area contributed by atoms with Gasteiger partial charge in [-0.3, -0.25) is 0 Å². The Balaban J connectivity index is 2.06. The number of morpholine rings is 1. The van der Waals surface area contributed by atoms with Crippen LogP contribution < -0.4 is 5.32 Å². The average Bonchev–Trinajstić information content (AvgIpc) is 3.09. The van der Waals surface area contributed by atoms with Gasteiger partial charge in [-0.05, 0) is 19.1 Å². The Morgan fingerprint density at radius 3 is 2.68 bits per heavy atom. The van der Waals surface area contributed by atoms with E-state index in [2.05, 4.69) is 12.2 Å².